The highest BCUT2D eigenvalue weighted by Gasteiger charge is 2.30. The monoisotopic (exact) mass is 436 g/mol. The summed E-state index contributed by atoms with van der Waals surface area (Å²) in [6.07, 6.45) is 0.181. The summed E-state index contributed by atoms with van der Waals surface area (Å²) in [7, 11) is -1.99. The summed E-state index contributed by atoms with van der Waals surface area (Å²) in [5.74, 6) is 0.219. The number of hydrogen-bond acceptors (Lipinski definition) is 6. The van der Waals surface area contributed by atoms with Gasteiger partial charge >= 0.3 is 0 Å². The van der Waals surface area contributed by atoms with Crippen molar-refractivity contribution >= 4 is 33.1 Å². The van der Waals surface area contributed by atoms with E-state index in [0.29, 0.717) is 28.6 Å². The Hall–Kier alpha value is -2.23. The van der Waals surface area contributed by atoms with Gasteiger partial charge in [-0.05, 0) is 30.5 Å². The molecule has 1 fully saturated rings. The smallest absolute Gasteiger partial charge is 0.252 e. The molecule has 3 rings (SSSR count). The van der Waals surface area contributed by atoms with Gasteiger partial charge in [0.1, 0.15) is 9.96 Å². The summed E-state index contributed by atoms with van der Waals surface area (Å²) in [6.45, 7) is 3.05. The van der Waals surface area contributed by atoms with Crippen LogP contribution < -0.4 is 4.74 Å². The number of ketones is 1. The predicted octanol–water partition coefficient (Wildman–Crippen LogP) is 2.56. The molecule has 1 aromatic carbocycles. The fourth-order valence-corrected chi connectivity index (χ4v) is 5.84. The molecule has 2 heterocycles. The van der Waals surface area contributed by atoms with E-state index < -0.39 is 10.0 Å². The van der Waals surface area contributed by atoms with E-state index in [2.05, 4.69) is 0 Å². The van der Waals surface area contributed by atoms with E-state index in [1.807, 2.05) is 13.0 Å². The van der Waals surface area contributed by atoms with Gasteiger partial charge in [-0.3, -0.25) is 9.59 Å². The number of methoxy groups -OCH3 is 1. The average Bonchev–Trinajstić information content (AvgIpc) is 3.27. The zero-order valence-electron chi connectivity index (χ0n) is 16.5. The van der Waals surface area contributed by atoms with Crippen molar-refractivity contribution in [3.8, 4) is 5.75 Å². The van der Waals surface area contributed by atoms with E-state index in [4.69, 9.17) is 4.74 Å². The summed E-state index contributed by atoms with van der Waals surface area (Å²) in [5.41, 5.74) is 1.43. The van der Waals surface area contributed by atoms with Crippen molar-refractivity contribution < 1.29 is 22.7 Å². The van der Waals surface area contributed by atoms with Crippen LogP contribution in [-0.2, 0) is 14.8 Å². The van der Waals surface area contributed by atoms with E-state index >= 15 is 0 Å². The molecular formula is C20H24N2O5S2. The van der Waals surface area contributed by atoms with Crippen molar-refractivity contribution in [1.29, 1.82) is 0 Å². The predicted molar refractivity (Wildman–Crippen MR) is 111 cm³/mol. The number of carbonyl (C=O) groups excluding carboxylic acids is 2. The second kappa shape index (κ2) is 9.06. The maximum Gasteiger partial charge on any atom is 0.252 e. The van der Waals surface area contributed by atoms with E-state index in [1.54, 1.807) is 34.5 Å². The number of thiophene rings is 1. The minimum absolute atomic E-state index is 0.0896. The van der Waals surface area contributed by atoms with Gasteiger partial charge < -0.3 is 9.64 Å². The van der Waals surface area contributed by atoms with E-state index in [0.717, 1.165) is 5.56 Å². The number of rotatable bonds is 7. The lowest BCUT2D eigenvalue weighted by atomic mass is 10.0. The molecule has 1 aliphatic heterocycles. The van der Waals surface area contributed by atoms with Gasteiger partial charge in [0, 0.05) is 39.0 Å². The first-order valence-electron chi connectivity index (χ1n) is 9.32. The maximum atomic E-state index is 12.6. The quantitative estimate of drug-likeness (QED) is 0.623. The minimum atomic E-state index is -3.50. The molecule has 1 aliphatic rings. The van der Waals surface area contributed by atoms with Gasteiger partial charge in [-0.15, -0.1) is 11.3 Å². The van der Waals surface area contributed by atoms with Crippen molar-refractivity contribution in [3.63, 3.8) is 0 Å². The van der Waals surface area contributed by atoms with E-state index in [1.165, 1.54) is 22.8 Å². The third kappa shape index (κ3) is 4.85. The number of Topliss-reactive ketones (excluding diaryl/α,β-unsaturated/α-hetero) is 1. The summed E-state index contributed by atoms with van der Waals surface area (Å²) < 4.78 is 32.1. The van der Waals surface area contributed by atoms with Gasteiger partial charge in [0.2, 0.25) is 5.91 Å². The van der Waals surface area contributed by atoms with Crippen LogP contribution in [0.3, 0.4) is 0 Å². The van der Waals surface area contributed by atoms with Gasteiger partial charge in [0.15, 0.2) is 5.78 Å². The molecule has 9 heteroatoms. The zero-order valence-corrected chi connectivity index (χ0v) is 18.1. The van der Waals surface area contributed by atoms with Gasteiger partial charge in [0.25, 0.3) is 10.0 Å². The van der Waals surface area contributed by atoms with Crippen LogP contribution in [0, 0.1) is 6.92 Å². The van der Waals surface area contributed by atoms with Crippen LogP contribution in [0.4, 0.5) is 0 Å². The highest BCUT2D eigenvalue weighted by atomic mass is 32.2. The number of sulfonamides is 1. The highest BCUT2D eigenvalue weighted by molar-refractivity contribution is 7.91. The Bertz CT molecular complexity index is 978. The lowest BCUT2D eigenvalue weighted by Crippen LogP contribution is -2.50. The Morgan fingerprint density at radius 3 is 2.45 bits per heavy atom. The molecule has 2 aromatic rings. The number of amides is 1. The number of benzene rings is 1. The van der Waals surface area contributed by atoms with E-state index in [9.17, 15) is 18.0 Å². The van der Waals surface area contributed by atoms with Crippen LogP contribution >= 0.6 is 11.3 Å². The topological polar surface area (TPSA) is 84.0 Å². The molecule has 0 unspecified atom stereocenters. The molecule has 0 aliphatic carbocycles. The van der Waals surface area contributed by atoms with Gasteiger partial charge in [-0.1, -0.05) is 17.7 Å². The fourth-order valence-electron chi connectivity index (χ4n) is 3.27. The number of carbonyl (C=O) groups is 2. The molecule has 1 aromatic heterocycles. The fraction of sp³-hybridized carbons (Fsp3) is 0.400. The maximum absolute atomic E-state index is 12.6. The van der Waals surface area contributed by atoms with Crippen LogP contribution in [-0.4, -0.2) is 62.6 Å². The van der Waals surface area contributed by atoms with Gasteiger partial charge in [-0.2, -0.15) is 4.31 Å². The third-order valence-electron chi connectivity index (χ3n) is 4.90. The molecule has 0 saturated carbocycles. The Balaban J connectivity index is 1.54. The third-order valence-corrected chi connectivity index (χ3v) is 8.17. The summed E-state index contributed by atoms with van der Waals surface area (Å²) >= 11 is 1.19. The Labute approximate surface area is 174 Å². The molecule has 156 valence electrons. The number of ether oxygens (including phenoxy) is 1. The number of hydrogen-bond donors (Lipinski definition) is 0. The average molecular weight is 437 g/mol. The molecule has 1 saturated heterocycles. The molecule has 0 bridgehead atoms. The first kappa shape index (κ1) is 21.5. The van der Waals surface area contributed by atoms with Gasteiger partial charge in [0.05, 0.1) is 12.7 Å². The van der Waals surface area contributed by atoms with Crippen molar-refractivity contribution in [2.45, 2.75) is 24.0 Å². The Kier molecular flexibility index (Phi) is 6.71. The summed E-state index contributed by atoms with van der Waals surface area (Å²) in [6, 6.07) is 8.67. The van der Waals surface area contributed by atoms with Crippen molar-refractivity contribution in [3.05, 3.63) is 46.8 Å². The van der Waals surface area contributed by atoms with Crippen molar-refractivity contribution in [1.82, 2.24) is 9.21 Å². The first-order valence-corrected chi connectivity index (χ1v) is 11.6. The lowest BCUT2D eigenvalue weighted by molar-refractivity contribution is -0.132. The van der Waals surface area contributed by atoms with Crippen LogP contribution in [0.5, 0.6) is 5.75 Å². The Morgan fingerprint density at radius 2 is 1.83 bits per heavy atom. The molecule has 0 atom stereocenters. The molecule has 0 spiro atoms. The second-order valence-electron chi connectivity index (χ2n) is 6.84. The lowest BCUT2D eigenvalue weighted by Gasteiger charge is -2.33. The number of aryl methyl sites for hydroxylation is 1. The largest absolute Gasteiger partial charge is 0.496 e. The second-order valence-corrected chi connectivity index (χ2v) is 9.96. The molecule has 29 heavy (non-hydrogen) atoms. The molecular weight excluding hydrogens is 412 g/mol. The molecule has 1 amide bonds. The minimum Gasteiger partial charge on any atom is -0.496 e. The van der Waals surface area contributed by atoms with Gasteiger partial charge in [-0.25, -0.2) is 8.42 Å². The molecule has 7 nitrogen and oxygen atoms in total. The summed E-state index contributed by atoms with van der Waals surface area (Å²) in [4.78, 5) is 26.7. The highest BCUT2D eigenvalue weighted by Crippen LogP contribution is 2.23. The Morgan fingerprint density at radius 1 is 1.10 bits per heavy atom. The summed E-state index contributed by atoms with van der Waals surface area (Å²) in [5, 5.41) is 1.73. The normalized spacial score (nSPS) is 15.3. The zero-order chi connectivity index (χ0) is 21.0. The molecule has 0 N–H and O–H groups in total. The standard InChI is InChI=1S/C20H24N2O5S2/c1-15-5-7-18(27-2)16(14-15)17(23)6-8-19(24)21-9-11-22(12-10-21)29(25,26)20-4-3-13-28-20/h3-5,7,13-14H,6,8-12H2,1-2H3. The van der Waals surface area contributed by atoms with Crippen LogP contribution in [0.2, 0.25) is 0 Å². The van der Waals surface area contributed by atoms with Crippen molar-refractivity contribution in [2.75, 3.05) is 33.3 Å². The van der Waals surface area contributed by atoms with E-state index in [-0.39, 0.29) is 37.6 Å². The molecule has 0 radical (unpaired) electrons. The SMILES string of the molecule is COc1ccc(C)cc1C(=O)CCC(=O)N1CCN(S(=O)(=O)c2cccs2)CC1. The van der Waals surface area contributed by atoms with Crippen LogP contribution in [0.1, 0.15) is 28.8 Å². The van der Waals surface area contributed by atoms with Crippen LogP contribution in [0.15, 0.2) is 39.9 Å². The number of nitrogens with zero attached hydrogens (tertiary/aromatic N) is 2. The number of piperazine rings is 1. The van der Waals surface area contributed by atoms with Crippen LogP contribution in [0.25, 0.3) is 0 Å². The first-order chi connectivity index (χ1) is 13.8. The van der Waals surface area contributed by atoms with Crippen molar-refractivity contribution in [2.24, 2.45) is 0 Å².